The Kier molecular flexibility index (Phi) is 3.75. The summed E-state index contributed by atoms with van der Waals surface area (Å²) < 4.78 is 11.4. The molecule has 3 fully saturated rings. The lowest BCUT2D eigenvalue weighted by atomic mass is 9.86. The summed E-state index contributed by atoms with van der Waals surface area (Å²) in [5, 5.41) is 5.86. The van der Waals surface area contributed by atoms with E-state index in [1.54, 1.807) is 0 Å². The molecule has 0 aliphatic carbocycles. The van der Waals surface area contributed by atoms with Gasteiger partial charge in [0, 0.05) is 49.0 Å². The number of halogens is 1. The van der Waals surface area contributed by atoms with Gasteiger partial charge in [-0.2, -0.15) is 0 Å². The molecule has 1 aromatic carbocycles. The van der Waals surface area contributed by atoms with Crippen LogP contribution in [0.1, 0.15) is 12.8 Å². The molecular weight excluding hydrogens is 378 g/mol. The highest BCUT2D eigenvalue weighted by Gasteiger charge is 2.52. The molecule has 0 N–H and O–H groups in total. The molecule has 3 saturated heterocycles. The van der Waals surface area contributed by atoms with Gasteiger partial charge in [0.05, 0.1) is 17.6 Å². The number of hydrogen-bond donors (Lipinski definition) is 0. The van der Waals surface area contributed by atoms with Crippen molar-refractivity contribution in [2.24, 2.45) is 17.8 Å². The largest absolute Gasteiger partial charge is 0.366 e. The quantitative estimate of drug-likeness (QED) is 0.726. The van der Waals surface area contributed by atoms with Crippen molar-refractivity contribution in [3.8, 4) is 0 Å². The summed E-state index contributed by atoms with van der Waals surface area (Å²) in [5.41, 5.74) is 0.742. The second-order valence-electron chi connectivity index (χ2n) is 8.43. The Morgan fingerprint density at radius 1 is 1.11 bits per heavy atom. The molecule has 4 aliphatic rings. The van der Waals surface area contributed by atoms with Crippen LogP contribution in [-0.2, 0) is 9.53 Å². The van der Waals surface area contributed by atoms with Crippen molar-refractivity contribution < 1.29 is 14.1 Å². The summed E-state index contributed by atoms with van der Waals surface area (Å²) in [7, 11) is 0. The van der Waals surface area contributed by atoms with Gasteiger partial charge >= 0.3 is 0 Å². The van der Waals surface area contributed by atoms with Crippen LogP contribution in [-0.4, -0.2) is 54.4 Å². The Balaban J connectivity index is 1.12. The molecule has 6 nitrogen and oxygen atoms in total. The van der Waals surface area contributed by atoms with Gasteiger partial charge in [0.25, 0.3) is 0 Å². The Hall–Kier alpha value is -2.05. The number of carbonyl (C=O) groups excluding carboxylic acids is 1. The van der Waals surface area contributed by atoms with Gasteiger partial charge in [-0.25, -0.2) is 0 Å². The number of rotatable bonds is 2. The van der Waals surface area contributed by atoms with E-state index in [0.29, 0.717) is 22.8 Å². The molecule has 4 unspecified atom stereocenters. The monoisotopic (exact) mass is 399 g/mol. The number of amides is 1. The number of likely N-dealkylation sites (tertiary alicyclic amines) is 1. The van der Waals surface area contributed by atoms with Crippen molar-refractivity contribution in [3.63, 3.8) is 0 Å². The minimum Gasteiger partial charge on any atom is -0.366 e. The van der Waals surface area contributed by atoms with E-state index in [0.717, 1.165) is 55.8 Å². The third-order valence-electron chi connectivity index (χ3n) is 6.93. The highest BCUT2D eigenvalue weighted by Crippen LogP contribution is 2.44. The van der Waals surface area contributed by atoms with Gasteiger partial charge in [0.2, 0.25) is 5.91 Å². The van der Waals surface area contributed by atoms with Crippen molar-refractivity contribution in [2.45, 2.75) is 25.0 Å². The third-order valence-corrected chi connectivity index (χ3v) is 7.16. The topological polar surface area (TPSA) is 58.8 Å². The lowest BCUT2D eigenvalue weighted by Crippen LogP contribution is -2.42. The molecule has 6 rings (SSSR count). The Morgan fingerprint density at radius 2 is 1.82 bits per heavy atom. The second kappa shape index (κ2) is 6.22. The number of nitrogens with zero attached hydrogens (tertiary/aromatic N) is 3. The van der Waals surface area contributed by atoms with Crippen LogP contribution in [0.4, 0.5) is 5.82 Å². The first kappa shape index (κ1) is 16.9. The summed E-state index contributed by atoms with van der Waals surface area (Å²) in [4.78, 5) is 17.4. The molecule has 2 aromatic rings. The molecule has 7 heteroatoms. The second-order valence-corrected chi connectivity index (χ2v) is 8.87. The zero-order valence-electron chi connectivity index (χ0n) is 15.5. The highest BCUT2D eigenvalue weighted by atomic mass is 35.5. The molecule has 28 heavy (non-hydrogen) atoms. The van der Waals surface area contributed by atoms with Gasteiger partial charge in [-0.15, -0.1) is 0 Å². The molecule has 0 spiro atoms. The van der Waals surface area contributed by atoms with Crippen LogP contribution >= 0.6 is 11.6 Å². The number of fused-ring (bicyclic) bond motifs is 6. The average Bonchev–Trinajstić information content (AvgIpc) is 3.47. The molecule has 1 aromatic heterocycles. The molecule has 146 valence electrons. The lowest BCUT2D eigenvalue weighted by Gasteiger charge is -2.33. The summed E-state index contributed by atoms with van der Waals surface area (Å²) in [6.45, 7) is 3.31. The van der Waals surface area contributed by atoms with Crippen molar-refractivity contribution >= 4 is 34.3 Å². The van der Waals surface area contributed by atoms with E-state index in [4.69, 9.17) is 20.9 Å². The number of hydrogen-bond acceptors (Lipinski definition) is 5. The first-order chi connectivity index (χ1) is 13.7. The number of aromatic nitrogens is 1. The van der Waals surface area contributed by atoms with E-state index < -0.39 is 0 Å². The Morgan fingerprint density at radius 3 is 2.54 bits per heavy atom. The van der Waals surface area contributed by atoms with Crippen LogP contribution in [0.3, 0.4) is 0 Å². The number of piperidine rings is 1. The highest BCUT2D eigenvalue weighted by molar-refractivity contribution is 6.31. The summed E-state index contributed by atoms with van der Waals surface area (Å²) in [6, 6.07) is 5.55. The van der Waals surface area contributed by atoms with Gasteiger partial charge in [-0.1, -0.05) is 28.9 Å². The average molecular weight is 400 g/mol. The first-order valence-electron chi connectivity index (χ1n) is 10.1. The zero-order chi connectivity index (χ0) is 18.8. The van der Waals surface area contributed by atoms with Crippen molar-refractivity contribution in [1.82, 2.24) is 10.1 Å². The van der Waals surface area contributed by atoms with Gasteiger partial charge < -0.3 is 19.1 Å². The first-order valence-corrected chi connectivity index (χ1v) is 10.5. The third kappa shape index (κ3) is 2.51. The predicted octanol–water partition coefficient (Wildman–Crippen LogP) is 3.11. The van der Waals surface area contributed by atoms with E-state index in [9.17, 15) is 4.79 Å². The Labute approximate surface area is 168 Å². The van der Waals surface area contributed by atoms with Crippen LogP contribution in [0.25, 0.3) is 11.0 Å². The van der Waals surface area contributed by atoms with Gasteiger partial charge in [0.15, 0.2) is 11.4 Å². The maximum absolute atomic E-state index is 13.1. The minimum atomic E-state index is 0.100. The minimum absolute atomic E-state index is 0.100. The number of carbonyl (C=O) groups is 1. The van der Waals surface area contributed by atoms with Gasteiger partial charge in [-0.3, -0.25) is 4.79 Å². The van der Waals surface area contributed by atoms with Crippen LogP contribution in [0.15, 0.2) is 34.9 Å². The standard InChI is InChI=1S/C21H22ClN3O3/c22-13-1-2-19-14(9-13)20(23-28-19)24-7-5-12(6-8-24)21(26)25-10-15-16(11-25)18-4-3-17(15)27-18/h1-4,9,12,15-18H,5-8,10-11H2. The van der Waals surface area contributed by atoms with Gasteiger partial charge in [-0.05, 0) is 31.0 Å². The van der Waals surface area contributed by atoms with E-state index in [1.807, 2.05) is 18.2 Å². The van der Waals surface area contributed by atoms with E-state index >= 15 is 0 Å². The van der Waals surface area contributed by atoms with E-state index in [2.05, 4.69) is 27.1 Å². The van der Waals surface area contributed by atoms with Crippen LogP contribution in [0.2, 0.25) is 5.02 Å². The zero-order valence-corrected chi connectivity index (χ0v) is 16.2. The summed E-state index contributed by atoms with van der Waals surface area (Å²) in [5.74, 6) is 2.24. The predicted molar refractivity (Wildman–Crippen MR) is 105 cm³/mol. The van der Waals surface area contributed by atoms with Crippen molar-refractivity contribution in [3.05, 3.63) is 35.4 Å². The van der Waals surface area contributed by atoms with Crippen LogP contribution in [0, 0.1) is 17.8 Å². The molecule has 0 radical (unpaired) electrons. The maximum Gasteiger partial charge on any atom is 0.225 e. The van der Waals surface area contributed by atoms with Gasteiger partial charge in [0.1, 0.15) is 0 Å². The van der Waals surface area contributed by atoms with E-state index in [1.165, 1.54) is 0 Å². The van der Waals surface area contributed by atoms with Crippen LogP contribution < -0.4 is 4.90 Å². The Bertz CT molecular complexity index is 945. The molecule has 2 bridgehead atoms. The lowest BCUT2D eigenvalue weighted by molar-refractivity contribution is -0.135. The molecule has 4 aliphatic heterocycles. The maximum atomic E-state index is 13.1. The normalized spacial score (nSPS) is 31.9. The molecular formula is C21H22ClN3O3. The fourth-order valence-corrected chi connectivity index (χ4v) is 5.60. The molecule has 0 saturated carbocycles. The SMILES string of the molecule is O=C(C1CCN(c2noc3ccc(Cl)cc23)CC1)N1CC2C3C=CC(O3)C2C1. The van der Waals surface area contributed by atoms with Crippen LogP contribution in [0.5, 0.6) is 0 Å². The molecule has 4 atom stereocenters. The summed E-state index contributed by atoms with van der Waals surface area (Å²) >= 11 is 6.14. The number of anilines is 1. The fraction of sp³-hybridized carbons (Fsp3) is 0.524. The summed E-state index contributed by atoms with van der Waals surface area (Å²) in [6.07, 6.45) is 6.49. The smallest absolute Gasteiger partial charge is 0.225 e. The van der Waals surface area contributed by atoms with Crippen molar-refractivity contribution in [1.29, 1.82) is 0 Å². The fourth-order valence-electron chi connectivity index (χ4n) is 5.43. The molecule has 1 amide bonds. The van der Waals surface area contributed by atoms with Crippen molar-refractivity contribution in [2.75, 3.05) is 31.1 Å². The number of benzene rings is 1. The molecule has 5 heterocycles. The van der Waals surface area contributed by atoms with E-state index in [-0.39, 0.29) is 18.1 Å². The number of ether oxygens (including phenoxy) is 1.